The van der Waals surface area contributed by atoms with Crippen molar-refractivity contribution in [3.63, 3.8) is 0 Å². The third-order valence-electron chi connectivity index (χ3n) is 4.71. The molecule has 1 fully saturated rings. The number of aliphatic imine (C=N–C) groups is 1. The molecule has 0 radical (unpaired) electrons. The highest BCUT2D eigenvalue weighted by molar-refractivity contribution is 14.0. The number of hydrogen-bond donors (Lipinski definition) is 2. The van der Waals surface area contributed by atoms with Crippen molar-refractivity contribution in [2.75, 3.05) is 19.3 Å². The van der Waals surface area contributed by atoms with Crippen molar-refractivity contribution in [1.82, 2.24) is 10.6 Å². The molecule has 5 nitrogen and oxygen atoms in total. The van der Waals surface area contributed by atoms with E-state index < -0.39 is 9.84 Å². The van der Waals surface area contributed by atoms with Crippen LogP contribution in [0.15, 0.2) is 64.5 Å². The first-order valence-electron chi connectivity index (χ1n) is 9.36. The molecule has 0 bridgehead atoms. The molecule has 1 aliphatic carbocycles. The normalized spacial score (nSPS) is 18.9. The SMILES string of the molecule is CCNC(=NCCc1ccc(S(C)(=O)=O)cc1)NC1CC1c1ccccc1.I. The zero-order chi connectivity index (χ0) is 19.3. The molecule has 0 heterocycles. The molecule has 2 unspecified atom stereocenters. The van der Waals surface area contributed by atoms with Crippen LogP contribution in [0.3, 0.4) is 0 Å². The van der Waals surface area contributed by atoms with Crippen molar-refractivity contribution in [3.8, 4) is 0 Å². The predicted molar refractivity (Wildman–Crippen MR) is 125 cm³/mol. The van der Waals surface area contributed by atoms with Crippen molar-refractivity contribution in [3.05, 3.63) is 65.7 Å². The van der Waals surface area contributed by atoms with Crippen LogP contribution in [0.25, 0.3) is 0 Å². The highest BCUT2D eigenvalue weighted by atomic mass is 127. The van der Waals surface area contributed by atoms with Gasteiger partial charge in [-0.15, -0.1) is 24.0 Å². The molecule has 2 N–H and O–H groups in total. The van der Waals surface area contributed by atoms with Gasteiger partial charge in [-0.2, -0.15) is 0 Å². The molecule has 7 heteroatoms. The Morgan fingerprint density at radius 2 is 1.79 bits per heavy atom. The van der Waals surface area contributed by atoms with Gasteiger partial charge >= 0.3 is 0 Å². The highest BCUT2D eigenvalue weighted by Gasteiger charge is 2.38. The number of guanidine groups is 1. The summed E-state index contributed by atoms with van der Waals surface area (Å²) in [5, 5.41) is 6.82. The first-order chi connectivity index (χ1) is 13.0. The number of hydrogen-bond acceptors (Lipinski definition) is 3. The van der Waals surface area contributed by atoms with E-state index >= 15 is 0 Å². The van der Waals surface area contributed by atoms with Crippen molar-refractivity contribution in [2.45, 2.75) is 36.6 Å². The minimum Gasteiger partial charge on any atom is -0.357 e. The Labute approximate surface area is 185 Å². The van der Waals surface area contributed by atoms with Crippen LogP contribution in [0.2, 0.25) is 0 Å². The van der Waals surface area contributed by atoms with Crippen LogP contribution < -0.4 is 10.6 Å². The van der Waals surface area contributed by atoms with E-state index in [2.05, 4.69) is 46.8 Å². The second-order valence-electron chi connectivity index (χ2n) is 6.93. The summed E-state index contributed by atoms with van der Waals surface area (Å²) in [5.41, 5.74) is 2.45. The Balaban J connectivity index is 0.00000280. The van der Waals surface area contributed by atoms with Crippen LogP contribution in [-0.4, -0.2) is 39.8 Å². The number of benzene rings is 2. The zero-order valence-electron chi connectivity index (χ0n) is 16.3. The monoisotopic (exact) mass is 513 g/mol. The van der Waals surface area contributed by atoms with Crippen molar-refractivity contribution in [2.24, 2.45) is 4.99 Å². The fraction of sp³-hybridized carbons (Fsp3) is 0.381. The molecule has 0 aromatic heterocycles. The molecular weight excluding hydrogens is 485 g/mol. The summed E-state index contributed by atoms with van der Waals surface area (Å²) in [6.07, 6.45) is 3.12. The van der Waals surface area contributed by atoms with Gasteiger partial charge in [-0.05, 0) is 43.0 Å². The molecule has 1 aliphatic rings. The third kappa shape index (κ3) is 6.48. The van der Waals surface area contributed by atoms with Crippen LogP contribution in [-0.2, 0) is 16.3 Å². The van der Waals surface area contributed by atoms with E-state index in [1.54, 1.807) is 12.1 Å². The van der Waals surface area contributed by atoms with Crippen LogP contribution in [0.5, 0.6) is 0 Å². The van der Waals surface area contributed by atoms with E-state index in [4.69, 9.17) is 0 Å². The first-order valence-corrected chi connectivity index (χ1v) is 11.3. The maximum absolute atomic E-state index is 11.5. The molecule has 0 spiro atoms. The molecule has 0 amide bonds. The molecule has 0 saturated heterocycles. The van der Waals surface area contributed by atoms with Crippen molar-refractivity contribution >= 4 is 39.8 Å². The van der Waals surface area contributed by atoms with Gasteiger partial charge in [-0.3, -0.25) is 4.99 Å². The predicted octanol–water partition coefficient (Wildman–Crippen LogP) is 3.36. The third-order valence-corrected chi connectivity index (χ3v) is 5.83. The summed E-state index contributed by atoms with van der Waals surface area (Å²) < 4.78 is 23.0. The standard InChI is InChI=1S/C21H27N3O2S.HI/c1-3-22-21(24-20-15-19(20)17-7-5-4-6-8-17)23-14-13-16-9-11-18(12-10-16)27(2,25)26;/h4-12,19-20H,3,13-15H2,1-2H3,(H2,22,23,24);1H. The fourth-order valence-electron chi connectivity index (χ4n) is 3.12. The van der Waals surface area contributed by atoms with E-state index in [9.17, 15) is 8.42 Å². The summed E-state index contributed by atoms with van der Waals surface area (Å²) in [6, 6.07) is 18.0. The quantitative estimate of drug-likeness (QED) is 0.339. The molecule has 2 aromatic rings. The summed E-state index contributed by atoms with van der Waals surface area (Å²) in [4.78, 5) is 5.02. The molecule has 2 aromatic carbocycles. The van der Waals surface area contributed by atoms with Gasteiger partial charge in [-0.25, -0.2) is 8.42 Å². The van der Waals surface area contributed by atoms with E-state index in [-0.39, 0.29) is 24.0 Å². The molecular formula is C21H28IN3O2S. The number of sulfone groups is 1. The summed E-state index contributed by atoms with van der Waals surface area (Å²) in [6.45, 7) is 3.52. The lowest BCUT2D eigenvalue weighted by Crippen LogP contribution is -2.39. The average molecular weight is 513 g/mol. The van der Waals surface area contributed by atoms with Gasteiger partial charge in [0.2, 0.25) is 0 Å². The van der Waals surface area contributed by atoms with Gasteiger partial charge in [-0.1, -0.05) is 42.5 Å². The van der Waals surface area contributed by atoms with Crippen molar-refractivity contribution < 1.29 is 8.42 Å². The Morgan fingerprint density at radius 1 is 1.11 bits per heavy atom. The Kier molecular flexibility index (Phi) is 8.30. The summed E-state index contributed by atoms with van der Waals surface area (Å²) in [7, 11) is -3.14. The van der Waals surface area contributed by atoms with Gasteiger partial charge in [0.15, 0.2) is 15.8 Å². The highest BCUT2D eigenvalue weighted by Crippen LogP contribution is 2.40. The number of halogens is 1. The van der Waals surface area contributed by atoms with E-state index in [1.807, 2.05) is 18.2 Å². The second kappa shape index (κ2) is 10.2. The van der Waals surface area contributed by atoms with Crippen LogP contribution in [0, 0.1) is 0 Å². The number of rotatable bonds is 7. The molecule has 3 rings (SSSR count). The Morgan fingerprint density at radius 3 is 2.39 bits per heavy atom. The van der Waals surface area contributed by atoms with Crippen LogP contribution >= 0.6 is 24.0 Å². The lowest BCUT2D eigenvalue weighted by Gasteiger charge is -2.11. The lowest BCUT2D eigenvalue weighted by atomic mass is 10.1. The molecule has 152 valence electrons. The minimum atomic E-state index is -3.14. The van der Waals surface area contributed by atoms with Gasteiger partial charge < -0.3 is 10.6 Å². The number of nitrogens with one attached hydrogen (secondary N) is 2. The van der Waals surface area contributed by atoms with Gasteiger partial charge in [0.25, 0.3) is 0 Å². The summed E-state index contributed by atoms with van der Waals surface area (Å²) >= 11 is 0. The molecule has 2 atom stereocenters. The molecule has 0 aliphatic heterocycles. The Hall–Kier alpha value is -1.61. The Bertz CT molecular complexity index is 884. The van der Waals surface area contributed by atoms with Gasteiger partial charge in [0, 0.05) is 31.3 Å². The summed E-state index contributed by atoms with van der Waals surface area (Å²) in [5.74, 6) is 1.40. The topological polar surface area (TPSA) is 70.6 Å². The maximum Gasteiger partial charge on any atom is 0.191 e. The largest absolute Gasteiger partial charge is 0.357 e. The van der Waals surface area contributed by atoms with Crippen LogP contribution in [0.4, 0.5) is 0 Å². The first kappa shape index (κ1) is 22.7. The molecule has 1 saturated carbocycles. The van der Waals surface area contributed by atoms with Crippen LogP contribution in [0.1, 0.15) is 30.4 Å². The van der Waals surface area contributed by atoms with Gasteiger partial charge in [0.1, 0.15) is 0 Å². The van der Waals surface area contributed by atoms with E-state index in [0.29, 0.717) is 23.4 Å². The van der Waals surface area contributed by atoms with Gasteiger partial charge in [0.05, 0.1) is 4.90 Å². The average Bonchev–Trinajstić information content (AvgIpc) is 3.41. The second-order valence-corrected chi connectivity index (χ2v) is 8.95. The minimum absolute atomic E-state index is 0. The lowest BCUT2D eigenvalue weighted by molar-refractivity contribution is 0.602. The maximum atomic E-state index is 11.5. The van der Waals surface area contributed by atoms with E-state index in [0.717, 1.165) is 30.9 Å². The fourth-order valence-corrected chi connectivity index (χ4v) is 3.75. The zero-order valence-corrected chi connectivity index (χ0v) is 19.4. The molecule has 28 heavy (non-hydrogen) atoms. The van der Waals surface area contributed by atoms with E-state index in [1.165, 1.54) is 11.8 Å². The smallest absolute Gasteiger partial charge is 0.191 e. The van der Waals surface area contributed by atoms with Crippen molar-refractivity contribution in [1.29, 1.82) is 0 Å². The number of nitrogens with zero attached hydrogens (tertiary/aromatic N) is 1.